The smallest absolute Gasteiger partial charge is 0.186 e. The number of hydrogen-bond donors (Lipinski definition) is 1. The van der Waals surface area contributed by atoms with E-state index in [1.807, 2.05) is 26.8 Å². The van der Waals surface area contributed by atoms with Gasteiger partial charge in [-0.3, -0.25) is 9.69 Å². The van der Waals surface area contributed by atoms with Gasteiger partial charge in [0.1, 0.15) is 5.82 Å². The third-order valence-electron chi connectivity index (χ3n) is 3.77. The van der Waals surface area contributed by atoms with Crippen LogP contribution >= 0.6 is 0 Å². The number of nitrogen functional groups attached to an aromatic ring is 1. The molecule has 1 aromatic heterocycles. The average molecular weight is 263 g/mol. The Hall–Kier alpha value is -1.46. The average Bonchev–Trinajstić information content (AvgIpc) is 2.39. The molecule has 2 rings (SSSR count). The van der Waals surface area contributed by atoms with Crippen LogP contribution in [0.25, 0.3) is 0 Å². The lowest BCUT2D eigenvalue weighted by atomic mass is 9.89. The van der Waals surface area contributed by atoms with Crippen molar-refractivity contribution in [1.29, 1.82) is 0 Å². The third-order valence-corrected chi connectivity index (χ3v) is 3.77. The van der Waals surface area contributed by atoms with Crippen molar-refractivity contribution < 1.29 is 9.53 Å². The van der Waals surface area contributed by atoms with E-state index < -0.39 is 5.54 Å². The van der Waals surface area contributed by atoms with Gasteiger partial charge in [0.15, 0.2) is 5.78 Å². The molecule has 0 atom stereocenters. The monoisotopic (exact) mass is 263 g/mol. The molecule has 1 aliphatic rings. The van der Waals surface area contributed by atoms with Crippen LogP contribution in [-0.4, -0.2) is 47.5 Å². The number of carbonyl (C=O) groups is 1. The van der Waals surface area contributed by atoms with Gasteiger partial charge in [-0.15, -0.1) is 0 Å². The van der Waals surface area contributed by atoms with E-state index in [2.05, 4.69) is 9.88 Å². The van der Waals surface area contributed by atoms with Crippen LogP contribution in [0.4, 0.5) is 5.82 Å². The highest BCUT2D eigenvalue weighted by atomic mass is 16.5. The summed E-state index contributed by atoms with van der Waals surface area (Å²) in [5, 5.41) is 0. The number of ether oxygens (including phenoxy) is 1. The van der Waals surface area contributed by atoms with Crippen molar-refractivity contribution in [2.24, 2.45) is 0 Å². The molecule has 0 unspecified atom stereocenters. The molecule has 1 fully saturated rings. The number of hydrogen-bond acceptors (Lipinski definition) is 5. The first-order valence-corrected chi connectivity index (χ1v) is 6.53. The highest BCUT2D eigenvalue weighted by Crippen LogP contribution is 2.25. The lowest BCUT2D eigenvalue weighted by Crippen LogP contribution is -2.54. The normalized spacial score (nSPS) is 17.4. The molecule has 0 bridgehead atoms. The first-order chi connectivity index (χ1) is 8.94. The zero-order valence-corrected chi connectivity index (χ0v) is 11.8. The van der Waals surface area contributed by atoms with Crippen molar-refractivity contribution in [3.63, 3.8) is 0 Å². The second-order valence-corrected chi connectivity index (χ2v) is 5.38. The summed E-state index contributed by atoms with van der Waals surface area (Å²) in [4.78, 5) is 19.0. The number of nitrogens with zero attached hydrogens (tertiary/aromatic N) is 2. The number of ketones is 1. The first kappa shape index (κ1) is 14.0. The number of carbonyl (C=O) groups excluding carboxylic acids is 1. The van der Waals surface area contributed by atoms with E-state index in [9.17, 15) is 4.79 Å². The van der Waals surface area contributed by atoms with Gasteiger partial charge in [0, 0.05) is 19.3 Å². The number of rotatable bonds is 3. The summed E-state index contributed by atoms with van der Waals surface area (Å²) in [5.41, 5.74) is 6.70. The zero-order chi connectivity index (χ0) is 14.0. The topological polar surface area (TPSA) is 68.5 Å². The molecule has 0 aromatic carbocycles. The SMILES string of the molecule is Cc1ccnc(N)c1C(=O)C(C)(C)N1CCOCC1. The van der Waals surface area contributed by atoms with Crippen LogP contribution in [0.1, 0.15) is 29.8 Å². The van der Waals surface area contributed by atoms with Crippen LogP contribution in [0.5, 0.6) is 0 Å². The predicted octanol–water partition coefficient (Wildman–Crippen LogP) is 1.27. The Morgan fingerprint density at radius 3 is 2.63 bits per heavy atom. The van der Waals surface area contributed by atoms with E-state index in [4.69, 9.17) is 10.5 Å². The fourth-order valence-corrected chi connectivity index (χ4v) is 2.45. The van der Waals surface area contributed by atoms with Gasteiger partial charge in [-0.1, -0.05) is 0 Å². The number of pyridine rings is 1. The Labute approximate surface area is 113 Å². The maximum Gasteiger partial charge on any atom is 0.186 e. The van der Waals surface area contributed by atoms with E-state index in [-0.39, 0.29) is 5.78 Å². The number of nitrogens with two attached hydrogens (primary N) is 1. The number of anilines is 1. The van der Waals surface area contributed by atoms with Gasteiger partial charge < -0.3 is 10.5 Å². The van der Waals surface area contributed by atoms with Gasteiger partial charge in [0.25, 0.3) is 0 Å². The first-order valence-electron chi connectivity index (χ1n) is 6.53. The van der Waals surface area contributed by atoms with Crippen molar-refractivity contribution >= 4 is 11.6 Å². The Balaban J connectivity index is 2.31. The van der Waals surface area contributed by atoms with E-state index in [1.54, 1.807) is 6.20 Å². The molecule has 5 nitrogen and oxygen atoms in total. The summed E-state index contributed by atoms with van der Waals surface area (Å²) >= 11 is 0. The highest BCUT2D eigenvalue weighted by Gasteiger charge is 2.37. The lowest BCUT2D eigenvalue weighted by molar-refractivity contribution is -0.00429. The molecule has 0 radical (unpaired) electrons. The molecule has 5 heteroatoms. The Morgan fingerprint density at radius 2 is 2.05 bits per heavy atom. The van der Waals surface area contributed by atoms with Crippen molar-refractivity contribution in [3.8, 4) is 0 Å². The minimum atomic E-state index is -0.592. The molecule has 0 spiro atoms. The van der Waals surface area contributed by atoms with E-state index in [1.165, 1.54) is 0 Å². The van der Waals surface area contributed by atoms with E-state index >= 15 is 0 Å². The van der Waals surface area contributed by atoms with Gasteiger partial charge in [0.05, 0.1) is 24.3 Å². The molecule has 0 aliphatic carbocycles. The van der Waals surface area contributed by atoms with Gasteiger partial charge in [0.2, 0.25) is 0 Å². The number of aryl methyl sites for hydroxylation is 1. The fraction of sp³-hybridized carbons (Fsp3) is 0.571. The van der Waals surface area contributed by atoms with Crippen LogP contribution in [0.3, 0.4) is 0 Å². The Morgan fingerprint density at radius 1 is 1.42 bits per heavy atom. The number of aromatic nitrogens is 1. The molecule has 104 valence electrons. The molecule has 2 heterocycles. The summed E-state index contributed by atoms with van der Waals surface area (Å²) < 4.78 is 5.34. The van der Waals surface area contributed by atoms with E-state index in [0.29, 0.717) is 24.6 Å². The molecule has 1 saturated heterocycles. The molecule has 1 aromatic rings. The lowest BCUT2D eigenvalue weighted by Gasteiger charge is -2.39. The van der Waals surface area contributed by atoms with Crippen molar-refractivity contribution in [2.45, 2.75) is 26.3 Å². The highest BCUT2D eigenvalue weighted by molar-refractivity contribution is 6.07. The second-order valence-electron chi connectivity index (χ2n) is 5.38. The van der Waals surface area contributed by atoms with Gasteiger partial charge in [-0.2, -0.15) is 0 Å². The molecule has 1 aliphatic heterocycles. The van der Waals surface area contributed by atoms with Crippen LogP contribution in [0.15, 0.2) is 12.3 Å². The summed E-state index contributed by atoms with van der Waals surface area (Å²) in [6, 6.07) is 1.82. The minimum absolute atomic E-state index is 0.0255. The quantitative estimate of drug-likeness (QED) is 0.832. The van der Waals surface area contributed by atoms with Crippen molar-refractivity contribution in [1.82, 2.24) is 9.88 Å². The maximum absolute atomic E-state index is 12.8. The predicted molar refractivity (Wildman–Crippen MR) is 74.2 cm³/mol. The van der Waals surface area contributed by atoms with Gasteiger partial charge in [-0.05, 0) is 32.4 Å². The number of morpholine rings is 1. The molecule has 2 N–H and O–H groups in total. The summed E-state index contributed by atoms with van der Waals surface area (Å²) in [5.74, 6) is 0.337. The van der Waals surface area contributed by atoms with Crippen LogP contribution < -0.4 is 5.73 Å². The van der Waals surface area contributed by atoms with E-state index in [0.717, 1.165) is 18.7 Å². The number of Topliss-reactive ketones (excluding diaryl/α,β-unsaturated/α-hetero) is 1. The molecule has 0 saturated carbocycles. The largest absolute Gasteiger partial charge is 0.383 e. The van der Waals surface area contributed by atoms with Crippen molar-refractivity contribution in [3.05, 3.63) is 23.4 Å². The van der Waals surface area contributed by atoms with Crippen molar-refractivity contribution in [2.75, 3.05) is 32.0 Å². The van der Waals surface area contributed by atoms with Crippen LogP contribution in [0.2, 0.25) is 0 Å². The zero-order valence-electron chi connectivity index (χ0n) is 11.8. The standard InChI is InChI=1S/C14H21N3O2/c1-10-4-5-16-13(15)11(10)12(18)14(2,3)17-6-8-19-9-7-17/h4-5H,6-9H2,1-3H3,(H2,15,16). The second kappa shape index (κ2) is 5.27. The molecule has 19 heavy (non-hydrogen) atoms. The van der Waals surface area contributed by atoms with Crippen LogP contribution in [-0.2, 0) is 4.74 Å². The van der Waals surface area contributed by atoms with Crippen LogP contribution in [0, 0.1) is 6.92 Å². The van der Waals surface area contributed by atoms with Gasteiger partial charge in [-0.25, -0.2) is 4.98 Å². The fourth-order valence-electron chi connectivity index (χ4n) is 2.45. The summed E-state index contributed by atoms with van der Waals surface area (Å²) in [6.45, 7) is 8.62. The molecular formula is C14H21N3O2. The maximum atomic E-state index is 12.8. The Kier molecular flexibility index (Phi) is 3.87. The molecule has 0 amide bonds. The summed E-state index contributed by atoms with van der Waals surface area (Å²) in [7, 11) is 0. The summed E-state index contributed by atoms with van der Waals surface area (Å²) in [6.07, 6.45) is 1.63. The molecular weight excluding hydrogens is 242 g/mol. The minimum Gasteiger partial charge on any atom is -0.383 e. The van der Waals surface area contributed by atoms with Gasteiger partial charge >= 0.3 is 0 Å². The third kappa shape index (κ3) is 2.62. The Bertz CT molecular complexity index is 459.